The Morgan fingerprint density at radius 3 is 2.71 bits per heavy atom. The third kappa shape index (κ3) is 4.66. The lowest BCUT2D eigenvalue weighted by Gasteiger charge is -2.21. The highest BCUT2D eigenvalue weighted by Crippen LogP contribution is 2.19. The summed E-state index contributed by atoms with van der Waals surface area (Å²) in [5, 5.41) is 13.9. The Hall–Kier alpha value is -2.67. The Morgan fingerprint density at radius 1 is 1.33 bits per heavy atom. The summed E-state index contributed by atoms with van der Waals surface area (Å²) in [4.78, 5) is 24.7. The molecule has 1 amide bonds. The number of nitrogens with one attached hydrogen (secondary N) is 1. The molecule has 0 unspecified atom stereocenters. The largest absolute Gasteiger partial charge is 0.467 e. The zero-order chi connectivity index (χ0) is 17.5. The molecular formula is C17H21N3O4. The van der Waals surface area contributed by atoms with Gasteiger partial charge in [-0.1, -0.05) is 25.1 Å². The van der Waals surface area contributed by atoms with Crippen molar-refractivity contribution in [3.63, 3.8) is 0 Å². The van der Waals surface area contributed by atoms with Gasteiger partial charge in [0.2, 0.25) is 5.91 Å². The van der Waals surface area contributed by atoms with E-state index in [1.54, 1.807) is 36.6 Å². The summed E-state index contributed by atoms with van der Waals surface area (Å²) in [6, 6.07) is 9.93. The van der Waals surface area contributed by atoms with Crippen molar-refractivity contribution in [3.05, 3.63) is 64.1 Å². The van der Waals surface area contributed by atoms with Crippen LogP contribution < -0.4 is 5.32 Å². The molecule has 7 heteroatoms. The first-order valence-electron chi connectivity index (χ1n) is 7.78. The second kappa shape index (κ2) is 8.26. The molecule has 2 aromatic rings. The van der Waals surface area contributed by atoms with E-state index in [9.17, 15) is 14.9 Å². The minimum absolute atomic E-state index is 0.0697. The summed E-state index contributed by atoms with van der Waals surface area (Å²) in [6.07, 6.45) is 1.56. The second-order valence-electron chi connectivity index (χ2n) is 5.49. The maximum absolute atomic E-state index is 12.2. The van der Waals surface area contributed by atoms with Gasteiger partial charge in [-0.3, -0.25) is 19.8 Å². The molecule has 0 spiro atoms. The lowest BCUT2D eigenvalue weighted by atomic mass is 10.1. The van der Waals surface area contributed by atoms with Gasteiger partial charge in [0.1, 0.15) is 5.76 Å². The van der Waals surface area contributed by atoms with Crippen LogP contribution in [0.2, 0.25) is 0 Å². The first-order valence-corrected chi connectivity index (χ1v) is 7.78. The molecule has 7 nitrogen and oxygen atoms in total. The van der Waals surface area contributed by atoms with Crippen LogP contribution in [0.1, 0.15) is 31.2 Å². The average molecular weight is 331 g/mol. The van der Waals surface area contributed by atoms with Gasteiger partial charge in [-0.2, -0.15) is 0 Å². The maximum Gasteiger partial charge on any atom is 0.273 e. The standard InChI is InChI=1S/C17H21N3O4/c1-3-19(11-14-7-4-5-8-15(14)20(22)23)12-17(21)18-13(2)16-9-6-10-24-16/h4-10,13H,3,11-12H2,1-2H3,(H,18,21)/t13-/m1/s1. The zero-order valence-corrected chi connectivity index (χ0v) is 13.8. The first-order chi connectivity index (χ1) is 11.5. The number of likely N-dealkylation sites (N-methyl/N-ethyl adjacent to an activating group) is 1. The van der Waals surface area contributed by atoms with Crippen LogP contribution in [0, 0.1) is 10.1 Å². The van der Waals surface area contributed by atoms with Crippen molar-refractivity contribution < 1.29 is 14.1 Å². The fraction of sp³-hybridized carbons (Fsp3) is 0.353. The van der Waals surface area contributed by atoms with E-state index in [4.69, 9.17) is 4.42 Å². The van der Waals surface area contributed by atoms with Crippen molar-refractivity contribution in [1.29, 1.82) is 0 Å². The van der Waals surface area contributed by atoms with Gasteiger partial charge >= 0.3 is 0 Å². The molecule has 0 radical (unpaired) electrons. The van der Waals surface area contributed by atoms with Gasteiger partial charge in [0, 0.05) is 18.2 Å². The molecule has 0 saturated carbocycles. The normalized spacial score (nSPS) is 12.1. The Bertz CT molecular complexity index is 685. The zero-order valence-electron chi connectivity index (χ0n) is 13.8. The van der Waals surface area contributed by atoms with E-state index in [1.807, 2.05) is 18.7 Å². The first kappa shape index (κ1) is 17.7. The van der Waals surface area contributed by atoms with Crippen LogP contribution in [0.5, 0.6) is 0 Å². The van der Waals surface area contributed by atoms with Gasteiger partial charge < -0.3 is 9.73 Å². The highest BCUT2D eigenvalue weighted by molar-refractivity contribution is 5.78. The summed E-state index contributed by atoms with van der Waals surface area (Å²) in [5.74, 6) is 0.532. The molecule has 128 valence electrons. The van der Waals surface area contributed by atoms with E-state index in [-0.39, 0.29) is 24.2 Å². The smallest absolute Gasteiger partial charge is 0.273 e. The van der Waals surface area contributed by atoms with Gasteiger partial charge in [-0.15, -0.1) is 0 Å². The van der Waals surface area contributed by atoms with Gasteiger partial charge in [-0.05, 0) is 25.6 Å². The number of furan rings is 1. The number of carbonyl (C=O) groups excluding carboxylic acids is 1. The molecule has 1 N–H and O–H groups in total. The molecule has 0 saturated heterocycles. The predicted octanol–water partition coefficient (Wildman–Crippen LogP) is 2.89. The molecule has 0 fully saturated rings. The highest BCUT2D eigenvalue weighted by Gasteiger charge is 2.18. The number of hydrogen-bond donors (Lipinski definition) is 1. The minimum atomic E-state index is -0.401. The van der Waals surface area contributed by atoms with E-state index < -0.39 is 4.92 Å². The molecule has 0 aliphatic carbocycles. The molecule has 1 aromatic heterocycles. The summed E-state index contributed by atoms with van der Waals surface area (Å²) in [7, 11) is 0. The number of benzene rings is 1. The van der Waals surface area contributed by atoms with Gasteiger partial charge in [0.05, 0.1) is 23.8 Å². The van der Waals surface area contributed by atoms with E-state index in [0.717, 1.165) is 0 Å². The monoisotopic (exact) mass is 331 g/mol. The number of nitro benzene ring substituents is 1. The number of nitrogens with zero attached hydrogens (tertiary/aromatic N) is 2. The van der Waals surface area contributed by atoms with E-state index in [1.165, 1.54) is 6.07 Å². The van der Waals surface area contributed by atoms with Gasteiger partial charge in [-0.25, -0.2) is 0 Å². The molecule has 24 heavy (non-hydrogen) atoms. The Labute approximate surface area is 140 Å². The number of para-hydroxylation sites is 1. The molecule has 1 heterocycles. The number of nitro groups is 1. The third-order valence-corrected chi connectivity index (χ3v) is 3.74. The molecule has 0 bridgehead atoms. The SMILES string of the molecule is CCN(CC(=O)N[C@H](C)c1ccco1)Cc1ccccc1[N+](=O)[O-]. The van der Waals surface area contributed by atoms with Crippen LogP contribution in [0.15, 0.2) is 47.1 Å². The van der Waals surface area contributed by atoms with Gasteiger partial charge in [0.25, 0.3) is 5.69 Å². The van der Waals surface area contributed by atoms with Gasteiger partial charge in [0.15, 0.2) is 0 Å². The van der Waals surface area contributed by atoms with Crippen molar-refractivity contribution in [2.24, 2.45) is 0 Å². The lowest BCUT2D eigenvalue weighted by molar-refractivity contribution is -0.385. The minimum Gasteiger partial charge on any atom is -0.467 e. The Morgan fingerprint density at radius 2 is 2.08 bits per heavy atom. The number of rotatable bonds is 8. The van der Waals surface area contributed by atoms with Crippen molar-refractivity contribution in [1.82, 2.24) is 10.2 Å². The summed E-state index contributed by atoms with van der Waals surface area (Å²) in [5.41, 5.74) is 0.663. The van der Waals surface area contributed by atoms with E-state index >= 15 is 0 Å². The fourth-order valence-corrected chi connectivity index (χ4v) is 2.44. The van der Waals surface area contributed by atoms with Crippen LogP contribution in [0.25, 0.3) is 0 Å². The molecule has 1 atom stereocenters. The fourth-order valence-electron chi connectivity index (χ4n) is 2.44. The van der Waals surface area contributed by atoms with Crippen LogP contribution in [0.3, 0.4) is 0 Å². The number of amides is 1. The predicted molar refractivity (Wildman–Crippen MR) is 89.3 cm³/mol. The van der Waals surface area contributed by atoms with Crippen LogP contribution in [0.4, 0.5) is 5.69 Å². The average Bonchev–Trinajstić information content (AvgIpc) is 3.09. The second-order valence-corrected chi connectivity index (χ2v) is 5.49. The van der Waals surface area contributed by atoms with Crippen molar-refractivity contribution in [2.45, 2.75) is 26.4 Å². The van der Waals surface area contributed by atoms with Crippen molar-refractivity contribution in [2.75, 3.05) is 13.1 Å². The molecule has 0 aliphatic heterocycles. The number of carbonyl (C=O) groups is 1. The van der Waals surface area contributed by atoms with E-state index in [2.05, 4.69) is 5.32 Å². The van der Waals surface area contributed by atoms with Crippen LogP contribution in [-0.4, -0.2) is 28.8 Å². The molecule has 1 aromatic carbocycles. The summed E-state index contributed by atoms with van der Waals surface area (Å²) >= 11 is 0. The Kier molecular flexibility index (Phi) is 6.08. The lowest BCUT2D eigenvalue weighted by Crippen LogP contribution is -2.38. The van der Waals surface area contributed by atoms with Crippen molar-refractivity contribution in [3.8, 4) is 0 Å². The molecule has 0 aliphatic rings. The Balaban J connectivity index is 1.97. The topological polar surface area (TPSA) is 88.6 Å². The quantitative estimate of drug-likeness (QED) is 0.593. The molecule has 2 rings (SSSR count). The van der Waals surface area contributed by atoms with E-state index in [0.29, 0.717) is 24.4 Å². The van der Waals surface area contributed by atoms with Crippen LogP contribution in [-0.2, 0) is 11.3 Å². The van der Waals surface area contributed by atoms with Crippen LogP contribution >= 0.6 is 0 Å². The summed E-state index contributed by atoms with van der Waals surface area (Å²) < 4.78 is 5.26. The molecular weight excluding hydrogens is 310 g/mol. The third-order valence-electron chi connectivity index (χ3n) is 3.74. The van der Waals surface area contributed by atoms with Crippen molar-refractivity contribution >= 4 is 11.6 Å². The maximum atomic E-state index is 12.2. The summed E-state index contributed by atoms with van der Waals surface area (Å²) in [6.45, 7) is 4.87. The highest BCUT2D eigenvalue weighted by atomic mass is 16.6. The number of hydrogen-bond acceptors (Lipinski definition) is 5.